The number of aliphatic imine (C=N–C) groups is 1. The van der Waals surface area contributed by atoms with Crippen LogP contribution in [0.3, 0.4) is 0 Å². The van der Waals surface area contributed by atoms with Gasteiger partial charge in [0, 0.05) is 30.2 Å². The van der Waals surface area contributed by atoms with Crippen molar-refractivity contribution in [2.24, 2.45) is 4.99 Å². The Kier molecular flexibility index (Phi) is 14.5. The van der Waals surface area contributed by atoms with Crippen LogP contribution in [0.15, 0.2) is 29.1 Å². The SMILES string of the molecule is C=C.CC/C=C(\C=NC)SO. The lowest BCUT2D eigenvalue weighted by molar-refractivity contribution is 0.670. The first-order valence-electron chi connectivity index (χ1n) is 3.28. The highest BCUT2D eigenvalue weighted by molar-refractivity contribution is 7.98. The van der Waals surface area contributed by atoms with Crippen molar-refractivity contribution >= 4 is 18.3 Å². The Morgan fingerprint density at radius 3 is 2.45 bits per heavy atom. The molecule has 0 radical (unpaired) electrons. The van der Waals surface area contributed by atoms with Crippen LogP contribution in [-0.2, 0) is 0 Å². The summed E-state index contributed by atoms with van der Waals surface area (Å²) in [5.74, 6) is 0. The van der Waals surface area contributed by atoms with Crippen LogP contribution in [0.2, 0.25) is 0 Å². The van der Waals surface area contributed by atoms with Crippen molar-refractivity contribution in [1.29, 1.82) is 0 Å². The summed E-state index contributed by atoms with van der Waals surface area (Å²) in [7, 11) is 1.68. The third kappa shape index (κ3) is 9.46. The van der Waals surface area contributed by atoms with Crippen LogP contribution in [0.1, 0.15) is 13.3 Å². The van der Waals surface area contributed by atoms with Gasteiger partial charge in [0.05, 0.1) is 0 Å². The Balaban J connectivity index is 0. The Labute approximate surface area is 72.9 Å². The second-order valence-electron chi connectivity index (χ2n) is 1.49. The molecule has 0 aromatic rings. The third-order valence-corrected chi connectivity index (χ3v) is 1.25. The smallest absolute Gasteiger partial charge is 0.0489 e. The van der Waals surface area contributed by atoms with E-state index in [0.29, 0.717) is 0 Å². The minimum atomic E-state index is 0.731. The zero-order chi connectivity index (χ0) is 9.11. The second kappa shape index (κ2) is 12.2. The Bertz CT molecular complexity index is 132. The maximum atomic E-state index is 8.55. The minimum Gasteiger partial charge on any atom is -0.325 e. The molecule has 11 heavy (non-hydrogen) atoms. The van der Waals surface area contributed by atoms with Gasteiger partial charge >= 0.3 is 0 Å². The van der Waals surface area contributed by atoms with Crippen molar-refractivity contribution in [2.75, 3.05) is 7.05 Å². The Morgan fingerprint density at radius 1 is 1.64 bits per heavy atom. The molecule has 0 bridgehead atoms. The molecule has 0 saturated heterocycles. The van der Waals surface area contributed by atoms with Crippen LogP contribution in [0.4, 0.5) is 0 Å². The van der Waals surface area contributed by atoms with E-state index in [1.807, 2.05) is 13.0 Å². The molecule has 0 aliphatic heterocycles. The van der Waals surface area contributed by atoms with Crippen LogP contribution >= 0.6 is 12.0 Å². The predicted octanol–water partition coefficient (Wildman–Crippen LogP) is 2.99. The summed E-state index contributed by atoms with van der Waals surface area (Å²) in [5, 5.41) is 0. The first-order chi connectivity index (χ1) is 5.35. The van der Waals surface area contributed by atoms with Gasteiger partial charge in [0.1, 0.15) is 0 Å². The monoisotopic (exact) mass is 173 g/mol. The van der Waals surface area contributed by atoms with Gasteiger partial charge in [-0.3, -0.25) is 4.99 Å². The molecule has 0 aliphatic carbocycles. The van der Waals surface area contributed by atoms with Crippen molar-refractivity contribution in [3.63, 3.8) is 0 Å². The van der Waals surface area contributed by atoms with Gasteiger partial charge in [-0.05, 0) is 6.42 Å². The summed E-state index contributed by atoms with van der Waals surface area (Å²) >= 11 is 0.731. The van der Waals surface area contributed by atoms with Crippen molar-refractivity contribution in [3.05, 3.63) is 24.1 Å². The minimum absolute atomic E-state index is 0.731. The van der Waals surface area contributed by atoms with Gasteiger partial charge in [0.25, 0.3) is 0 Å². The van der Waals surface area contributed by atoms with Crippen molar-refractivity contribution in [2.45, 2.75) is 13.3 Å². The van der Waals surface area contributed by atoms with Crippen LogP contribution < -0.4 is 0 Å². The van der Waals surface area contributed by atoms with Crippen molar-refractivity contribution < 1.29 is 4.55 Å². The number of nitrogens with zero attached hydrogens (tertiary/aromatic N) is 1. The Hall–Kier alpha value is -0.540. The van der Waals surface area contributed by atoms with E-state index in [9.17, 15) is 0 Å². The summed E-state index contributed by atoms with van der Waals surface area (Å²) in [6.45, 7) is 8.01. The van der Waals surface area contributed by atoms with Crippen LogP contribution in [0.25, 0.3) is 0 Å². The molecular weight excluding hydrogens is 158 g/mol. The lowest BCUT2D eigenvalue weighted by atomic mass is 10.4. The van der Waals surface area contributed by atoms with E-state index in [0.717, 1.165) is 23.4 Å². The fourth-order valence-electron chi connectivity index (χ4n) is 0.442. The highest BCUT2D eigenvalue weighted by Crippen LogP contribution is 2.07. The standard InChI is InChI=1S/C6H11NOS.C2H4/c1-3-4-6(9-8)5-7-2;1-2/h4-5,8H,3H2,1-2H3;1-2H2/b6-4+,7-5?;. The van der Waals surface area contributed by atoms with E-state index in [1.54, 1.807) is 13.3 Å². The molecule has 1 N–H and O–H groups in total. The first-order valence-corrected chi connectivity index (χ1v) is 4.06. The van der Waals surface area contributed by atoms with E-state index < -0.39 is 0 Å². The molecule has 0 unspecified atom stereocenters. The molecule has 2 nitrogen and oxygen atoms in total. The second-order valence-corrected chi connectivity index (χ2v) is 2.15. The van der Waals surface area contributed by atoms with Gasteiger partial charge in [-0.1, -0.05) is 13.0 Å². The molecule has 0 aromatic carbocycles. The van der Waals surface area contributed by atoms with Gasteiger partial charge in [-0.25, -0.2) is 0 Å². The quantitative estimate of drug-likeness (QED) is 0.404. The molecule has 0 atom stereocenters. The Morgan fingerprint density at radius 2 is 2.18 bits per heavy atom. The topological polar surface area (TPSA) is 32.6 Å². The molecule has 64 valence electrons. The maximum absolute atomic E-state index is 8.55. The maximum Gasteiger partial charge on any atom is 0.0489 e. The summed E-state index contributed by atoms with van der Waals surface area (Å²) < 4.78 is 8.55. The molecule has 0 spiro atoms. The number of allylic oxidation sites excluding steroid dienone is 2. The third-order valence-electron chi connectivity index (χ3n) is 0.767. The fourth-order valence-corrected chi connectivity index (χ4v) is 0.836. The lowest BCUT2D eigenvalue weighted by Gasteiger charge is -1.89. The molecular formula is C8H15NOS. The van der Waals surface area contributed by atoms with Gasteiger partial charge < -0.3 is 4.55 Å². The van der Waals surface area contributed by atoms with E-state index in [2.05, 4.69) is 18.2 Å². The number of rotatable bonds is 3. The van der Waals surface area contributed by atoms with E-state index in [-0.39, 0.29) is 0 Å². The molecule has 0 aromatic heterocycles. The average molecular weight is 173 g/mol. The zero-order valence-corrected chi connectivity index (χ0v) is 7.90. The predicted molar refractivity (Wildman–Crippen MR) is 54.3 cm³/mol. The van der Waals surface area contributed by atoms with Gasteiger partial charge in [0.2, 0.25) is 0 Å². The fraction of sp³-hybridized carbons (Fsp3) is 0.375. The average Bonchev–Trinajstić information content (AvgIpc) is 2.08. The summed E-state index contributed by atoms with van der Waals surface area (Å²) in [5.41, 5.74) is 0. The lowest BCUT2D eigenvalue weighted by Crippen LogP contribution is -1.76. The van der Waals surface area contributed by atoms with E-state index >= 15 is 0 Å². The van der Waals surface area contributed by atoms with Gasteiger partial charge in [0.15, 0.2) is 0 Å². The van der Waals surface area contributed by atoms with E-state index in [1.165, 1.54) is 0 Å². The van der Waals surface area contributed by atoms with Crippen LogP contribution in [0, 0.1) is 0 Å². The summed E-state index contributed by atoms with van der Waals surface area (Å²) in [4.78, 5) is 4.56. The molecule has 0 heterocycles. The molecule has 0 rings (SSSR count). The number of hydrogen-bond donors (Lipinski definition) is 1. The van der Waals surface area contributed by atoms with Crippen molar-refractivity contribution in [3.8, 4) is 0 Å². The van der Waals surface area contributed by atoms with Gasteiger partial charge in [-0.15, -0.1) is 13.2 Å². The van der Waals surface area contributed by atoms with Crippen LogP contribution in [-0.4, -0.2) is 17.8 Å². The highest BCUT2D eigenvalue weighted by atomic mass is 32.2. The van der Waals surface area contributed by atoms with Crippen molar-refractivity contribution in [1.82, 2.24) is 0 Å². The summed E-state index contributed by atoms with van der Waals surface area (Å²) in [6.07, 6.45) is 4.47. The molecule has 0 amide bonds. The largest absolute Gasteiger partial charge is 0.325 e. The number of hydrogen-bond acceptors (Lipinski definition) is 3. The van der Waals surface area contributed by atoms with Gasteiger partial charge in [-0.2, -0.15) is 0 Å². The molecule has 0 fully saturated rings. The normalized spacial score (nSPS) is 11.0. The first kappa shape index (κ1) is 13.1. The molecule has 3 heteroatoms. The molecule has 0 saturated carbocycles. The molecule has 0 aliphatic rings. The highest BCUT2D eigenvalue weighted by Gasteiger charge is 1.86. The van der Waals surface area contributed by atoms with Crippen LogP contribution in [0.5, 0.6) is 0 Å². The zero-order valence-electron chi connectivity index (χ0n) is 7.08. The summed E-state index contributed by atoms with van der Waals surface area (Å²) in [6, 6.07) is 0. The van der Waals surface area contributed by atoms with E-state index in [4.69, 9.17) is 4.55 Å².